The van der Waals surface area contributed by atoms with Crippen LogP contribution in [-0.4, -0.2) is 51.2 Å². The molecular weight excluding hydrogens is 258 g/mol. The molecule has 3 rings (SSSR count). The van der Waals surface area contributed by atoms with Gasteiger partial charge in [-0.2, -0.15) is 5.10 Å². The van der Waals surface area contributed by atoms with E-state index in [1.54, 1.807) is 24.3 Å². The van der Waals surface area contributed by atoms with Crippen LogP contribution < -0.4 is 4.74 Å². The summed E-state index contributed by atoms with van der Waals surface area (Å²) in [6.45, 7) is 1.25. The summed E-state index contributed by atoms with van der Waals surface area (Å²) < 4.78 is 5.27. The Balaban J connectivity index is 1.81. The van der Waals surface area contributed by atoms with Gasteiger partial charge in [0.15, 0.2) is 0 Å². The number of fused-ring (bicyclic) bond motifs is 1. The summed E-state index contributed by atoms with van der Waals surface area (Å²) in [4.78, 5) is 22.5. The van der Waals surface area contributed by atoms with Crippen LogP contribution in [0.1, 0.15) is 21.7 Å². The highest BCUT2D eigenvalue weighted by Gasteiger charge is 2.23. The number of nitrogens with one attached hydrogen (secondary N) is 1. The molecule has 3 heterocycles. The van der Waals surface area contributed by atoms with E-state index in [1.165, 1.54) is 6.33 Å². The van der Waals surface area contributed by atoms with Gasteiger partial charge < -0.3 is 9.64 Å². The highest BCUT2D eigenvalue weighted by molar-refractivity contribution is 5.92. The number of hydrogen-bond acceptors (Lipinski definition) is 5. The van der Waals surface area contributed by atoms with Crippen LogP contribution in [0.4, 0.5) is 0 Å². The Morgan fingerprint density at radius 1 is 1.35 bits per heavy atom. The third-order valence-corrected chi connectivity index (χ3v) is 3.46. The lowest BCUT2D eigenvalue weighted by Gasteiger charge is -2.18. The van der Waals surface area contributed by atoms with E-state index in [9.17, 15) is 4.79 Å². The fraction of sp³-hybridized carbons (Fsp3) is 0.385. The maximum atomic E-state index is 12.3. The minimum absolute atomic E-state index is 0.0396. The molecule has 0 spiro atoms. The largest absolute Gasteiger partial charge is 0.481 e. The van der Waals surface area contributed by atoms with Gasteiger partial charge in [0.05, 0.1) is 12.8 Å². The number of aromatic amines is 1. The highest BCUT2D eigenvalue weighted by atomic mass is 16.5. The summed E-state index contributed by atoms with van der Waals surface area (Å²) in [6, 6.07) is 1.68. The zero-order valence-electron chi connectivity index (χ0n) is 11.2. The quantitative estimate of drug-likeness (QED) is 0.858. The Morgan fingerprint density at radius 3 is 2.95 bits per heavy atom. The van der Waals surface area contributed by atoms with E-state index in [0.29, 0.717) is 37.5 Å². The number of aromatic nitrogens is 4. The summed E-state index contributed by atoms with van der Waals surface area (Å²) in [7, 11) is 1.60. The predicted molar refractivity (Wildman–Crippen MR) is 70.5 cm³/mol. The maximum absolute atomic E-state index is 12.3. The summed E-state index contributed by atoms with van der Waals surface area (Å²) >= 11 is 0. The molecule has 0 saturated heterocycles. The van der Waals surface area contributed by atoms with Gasteiger partial charge >= 0.3 is 0 Å². The van der Waals surface area contributed by atoms with Crippen molar-refractivity contribution < 1.29 is 9.53 Å². The summed E-state index contributed by atoms with van der Waals surface area (Å²) in [6.07, 6.45) is 4.48. The predicted octanol–water partition coefficient (Wildman–Crippen LogP) is 0.449. The molecule has 0 aliphatic carbocycles. The Morgan fingerprint density at radius 2 is 2.20 bits per heavy atom. The van der Waals surface area contributed by atoms with Crippen LogP contribution in [0.2, 0.25) is 0 Å². The zero-order valence-corrected chi connectivity index (χ0v) is 11.2. The van der Waals surface area contributed by atoms with E-state index in [2.05, 4.69) is 20.2 Å². The highest BCUT2D eigenvalue weighted by Crippen LogP contribution is 2.22. The van der Waals surface area contributed by atoms with Gasteiger partial charge in [-0.05, 0) is 12.5 Å². The van der Waals surface area contributed by atoms with Crippen LogP contribution >= 0.6 is 0 Å². The van der Waals surface area contributed by atoms with Gasteiger partial charge in [0, 0.05) is 31.3 Å². The maximum Gasteiger partial charge on any atom is 0.271 e. The number of carbonyl (C=O) groups excluding carboxylic acids is 1. The van der Waals surface area contributed by atoms with Crippen LogP contribution in [0.15, 0.2) is 18.6 Å². The molecule has 0 bridgehead atoms. The van der Waals surface area contributed by atoms with Crippen molar-refractivity contribution in [2.24, 2.45) is 0 Å². The lowest BCUT2D eigenvalue weighted by atomic mass is 10.1. The molecule has 0 fully saturated rings. The average molecular weight is 273 g/mol. The van der Waals surface area contributed by atoms with E-state index < -0.39 is 0 Å². The Kier molecular flexibility index (Phi) is 3.32. The summed E-state index contributed by atoms with van der Waals surface area (Å²) in [5.74, 6) is 0.563. The fourth-order valence-electron chi connectivity index (χ4n) is 2.42. The third kappa shape index (κ3) is 2.22. The molecule has 0 atom stereocenters. The van der Waals surface area contributed by atoms with Crippen molar-refractivity contribution in [2.45, 2.75) is 12.8 Å². The first-order valence-corrected chi connectivity index (χ1v) is 6.45. The molecule has 20 heavy (non-hydrogen) atoms. The number of carbonyl (C=O) groups is 1. The molecule has 2 aromatic heterocycles. The monoisotopic (exact) mass is 273 g/mol. The zero-order chi connectivity index (χ0) is 13.9. The lowest BCUT2D eigenvalue weighted by Crippen LogP contribution is -2.33. The Hall–Kier alpha value is -2.44. The molecular formula is C13H15N5O2. The summed E-state index contributed by atoms with van der Waals surface area (Å²) in [5.41, 5.74) is 2.46. The van der Waals surface area contributed by atoms with Crippen LogP contribution in [0, 0.1) is 0 Å². The van der Waals surface area contributed by atoms with E-state index >= 15 is 0 Å². The fourth-order valence-corrected chi connectivity index (χ4v) is 2.42. The SMILES string of the molecule is COc1ncnc2c1CCN(C(=O)c1ccn[nH]1)CC2. The second-order valence-corrected chi connectivity index (χ2v) is 4.57. The first-order chi connectivity index (χ1) is 9.79. The van der Waals surface area contributed by atoms with Crippen molar-refractivity contribution in [1.82, 2.24) is 25.1 Å². The molecule has 0 unspecified atom stereocenters. The van der Waals surface area contributed by atoms with Crippen molar-refractivity contribution in [3.05, 3.63) is 35.5 Å². The van der Waals surface area contributed by atoms with Crippen molar-refractivity contribution in [2.75, 3.05) is 20.2 Å². The van der Waals surface area contributed by atoms with E-state index in [1.807, 2.05) is 0 Å². The number of amides is 1. The summed E-state index contributed by atoms with van der Waals surface area (Å²) in [5, 5.41) is 6.52. The molecule has 104 valence electrons. The number of rotatable bonds is 2. The second kappa shape index (κ2) is 5.28. The minimum Gasteiger partial charge on any atom is -0.481 e. The topological polar surface area (TPSA) is 84.0 Å². The van der Waals surface area contributed by atoms with E-state index in [0.717, 1.165) is 11.3 Å². The van der Waals surface area contributed by atoms with E-state index in [4.69, 9.17) is 4.74 Å². The lowest BCUT2D eigenvalue weighted by molar-refractivity contribution is 0.0757. The molecule has 0 aromatic carbocycles. The van der Waals surface area contributed by atoms with Gasteiger partial charge in [-0.25, -0.2) is 9.97 Å². The Bertz CT molecular complexity index is 611. The normalized spacial score (nSPS) is 14.6. The Labute approximate surface area is 116 Å². The molecule has 7 nitrogen and oxygen atoms in total. The first kappa shape index (κ1) is 12.6. The molecule has 0 saturated carbocycles. The van der Waals surface area contributed by atoms with Gasteiger partial charge in [-0.3, -0.25) is 9.89 Å². The number of methoxy groups -OCH3 is 1. The molecule has 0 radical (unpaired) electrons. The smallest absolute Gasteiger partial charge is 0.271 e. The van der Waals surface area contributed by atoms with Crippen LogP contribution in [0.5, 0.6) is 5.88 Å². The number of hydrogen-bond donors (Lipinski definition) is 1. The number of nitrogens with zero attached hydrogens (tertiary/aromatic N) is 4. The molecule has 1 aliphatic heterocycles. The van der Waals surface area contributed by atoms with E-state index in [-0.39, 0.29) is 5.91 Å². The molecule has 2 aromatic rings. The number of ether oxygens (including phenoxy) is 1. The van der Waals surface area contributed by atoms with Gasteiger partial charge in [0.25, 0.3) is 5.91 Å². The van der Waals surface area contributed by atoms with Crippen LogP contribution in [0.25, 0.3) is 0 Å². The van der Waals surface area contributed by atoms with Gasteiger partial charge in [0.2, 0.25) is 5.88 Å². The van der Waals surface area contributed by atoms with Crippen molar-refractivity contribution in [3.8, 4) is 5.88 Å². The van der Waals surface area contributed by atoms with Crippen LogP contribution in [0.3, 0.4) is 0 Å². The second-order valence-electron chi connectivity index (χ2n) is 4.57. The minimum atomic E-state index is -0.0396. The molecule has 1 aliphatic rings. The standard InChI is InChI=1S/C13H15N5O2/c1-20-12-9-3-6-18(7-4-10(9)14-8-15-12)13(19)11-2-5-16-17-11/h2,5,8H,3-4,6-7H2,1H3,(H,16,17). The van der Waals surface area contributed by atoms with Gasteiger partial charge in [-0.15, -0.1) is 0 Å². The molecule has 7 heteroatoms. The van der Waals surface area contributed by atoms with Crippen molar-refractivity contribution in [3.63, 3.8) is 0 Å². The van der Waals surface area contributed by atoms with Gasteiger partial charge in [0.1, 0.15) is 12.0 Å². The molecule has 1 amide bonds. The average Bonchev–Trinajstić information content (AvgIpc) is 2.92. The number of H-pyrrole nitrogens is 1. The first-order valence-electron chi connectivity index (χ1n) is 6.45. The van der Waals surface area contributed by atoms with Crippen molar-refractivity contribution in [1.29, 1.82) is 0 Å². The van der Waals surface area contributed by atoms with Crippen LogP contribution in [-0.2, 0) is 12.8 Å². The van der Waals surface area contributed by atoms with Crippen molar-refractivity contribution >= 4 is 5.91 Å². The van der Waals surface area contributed by atoms with Gasteiger partial charge in [-0.1, -0.05) is 0 Å². The molecule has 1 N–H and O–H groups in total. The third-order valence-electron chi connectivity index (χ3n) is 3.46.